The summed E-state index contributed by atoms with van der Waals surface area (Å²) in [5.41, 5.74) is -0.0496. The maximum atomic E-state index is 10.7. The van der Waals surface area contributed by atoms with E-state index < -0.39 is 0 Å². The molecule has 0 spiro atoms. The monoisotopic (exact) mass is 221 g/mol. The highest BCUT2D eigenvalue weighted by Crippen LogP contribution is 2.71. The van der Waals surface area contributed by atoms with Crippen LogP contribution in [0, 0.1) is 16.7 Å². The van der Waals surface area contributed by atoms with E-state index in [-0.39, 0.29) is 16.4 Å². The Bertz CT molecular complexity index is 309. The smallest absolute Gasteiger partial charge is 0.418 e. The fourth-order valence-corrected chi connectivity index (χ4v) is 4.21. The summed E-state index contributed by atoms with van der Waals surface area (Å²) in [6.07, 6.45) is 5.99. The van der Waals surface area contributed by atoms with E-state index in [1.807, 2.05) is 6.08 Å². The molecule has 89 valence electrons. The summed E-state index contributed by atoms with van der Waals surface area (Å²) >= 11 is 0. The van der Waals surface area contributed by atoms with Crippen LogP contribution in [0.3, 0.4) is 0 Å². The van der Waals surface area contributed by atoms with Crippen molar-refractivity contribution in [2.75, 3.05) is 0 Å². The molecular weight excluding hydrogens is 200 g/mol. The van der Waals surface area contributed by atoms with Crippen molar-refractivity contribution in [2.45, 2.75) is 52.1 Å². The molecular formula is C14H21O2. The van der Waals surface area contributed by atoms with Gasteiger partial charge in [0.25, 0.3) is 0 Å². The highest BCUT2D eigenvalue weighted by Gasteiger charge is 2.69. The zero-order valence-electron chi connectivity index (χ0n) is 10.5. The van der Waals surface area contributed by atoms with E-state index in [4.69, 9.17) is 4.74 Å². The van der Waals surface area contributed by atoms with Crippen LogP contribution in [0.25, 0.3) is 0 Å². The van der Waals surface area contributed by atoms with Gasteiger partial charge in [0, 0.05) is 11.8 Å². The first-order chi connectivity index (χ1) is 7.43. The molecule has 3 atom stereocenters. The second-order valence-corrected chi connectivity index (χ2v) is 6.17. The Balaban J connectivity index is 2.43. The van der Waals surface area contributed by atoms with Crippen molar-refractivity contribution in [2.24, 2.45) is 16.7 Å². The minimum atomic E-state index is -0.358. The predicted molar refractivity (Wildman–Crippen MR) is 63.6 cm³/mol. The van der Waals surface area contributed by atoms with E-state index in [1.165, 1.54) is 6.42 Å². The minimum Gasteiger partial charge on any atom is -0.450 e. The van der Waals surface area contributed by atoms with Crippen molar-refractivity contribution in [3.63, 3.8) is 0 Å². The molecule has 2 aliphatic carbocycles. The van der Waals surface area contributed by atoms with Crippen LogP contribution in [0.2, 0.25) is 0 Å². The molecule has 2 saturated carbocycles. The molecule has 2 rings (SSSR count). The van der Waals surface area contributed by atoms with Crippen molar-refractivity contribution in [1.29, 1.82) is 0 Å². The summed E-state index contributed by atoms with van der Waals surface area (Å²) in [6, 6.07) is 0. The van der Waals surface area contributed by atoms with Gasteiger partial charge in [-0.2, -0.15) is 0 Å². The van der Waals surface area contributed by atoms with Gasteiger partial charge in [0.15, 0.2) is 0 Å². The molecule has 0 amide bonds. The summed E-state index contributed by atoms with van der Waals surface area (Å²) in [4.78, 5) is 10.7. The standard InChI is InChI=1S/C14H21O2/c1-5-7-14(16-10-15)9-11-6-8-13(14,4)12(11,2)3/h5,11H,1,6-9H2,2-4H3. The average molecular weight is 221 g/mol. The second-order valence-electron chi connectivity index (χ2n) is 6.17. The third-order valence-electron chi connectivity index (χ3n) is 5.73. The minimum absolute atomic E-state index is 0.0657. The van der Waals surface area contributed by atoms with Crippen LogP contribution in [0.1, 0.15) is 46.5 Å². The van der Waals surface area contributed by atoms with Crippen molar-refractivity contribution in [3.05, 3.63) is 12.7 Å². The Hall–Kier alpha value is -0.790. The van der Waals surface area contributed by atoms with E-state index >= 15 is 0 Å². The number of ether oxygens (including phenoxy) is 1. The second kappa shape index (κ2) is 3.35. The molecule has 2 heteroatoms. The Labute approximate surface area is 98.1 Å². The van der Waals surface area contributed by atoms with Crippen molar-refractivity contribution >= 4 is 6.47 Å². The molecule has 2 fully saturated rings. The van der Waals surface area contributed by atoms with Gasteiger partial charge in [0.1, 0.15) is 5.60 Å². The Kier molecular flexibility index (Phi) is 2.45. The third-order valence-corrected chi connectivity index (χ3v) is 5.73. The van der Waals surface area contributed by atoms with Crippen molar-refractivity contribution in [3.8, 4) is 0 Å². The van der Waals surface area contributed by atoms with Crippen LogP contribution in [-0.4, -0.2) is 12.1 Å². The van der Waals surface area contributed by atoms with Gasteiger partial charge >= 0.3 is 6.47 Å². The van der Waals surface area contributed by atoms with E-state index in [0.29, 0.717) is 5.92 Å². The van der Waals surface area contributed by atoms with Crippen LogP contribution in [-0.2, 0) is 9.53 Å². The van der Waals surface area contributed by atoms with E-state index in [2.05, 4.69) is 27.4 Å². The van der Waals surface area contributed by atoms with Gasteiger partial charge in [0.2, 0.25) is 0 Å². The van der Waals surface area contributed by atoms with Gasteiger partial charge in [-0.15, -0.1) is 6.58 Å². The molecule has 0 saturated heterocycles. The molecule has 0 heterocycles. The normalized spacial score (nSPS) is 44.3. The SMILES string of the molecule is C=CCC1(O[C]=O)CC2CCC1(C)C2(C)C. The molecule has 2 nitrogen and oxygen atoms in total. The lowest BCUT2D eigenvalue weighted by Crippen LogP contribution is -2.48. The lowest BCUT2D eigenvalue weighted by atomic mass is 9.63. The molecule has 1 radical (unpaired) electrons. The first-order valence-electron chi connectivity index (χ1n) is 6.09. The lowest BCUT2D eigenvalue weighted by Gasteiger charge is -2.46. The van der Waals surface area contributed by atoms with Crippen molar-refractivity contribution < 1.29 is 9.53 Å². The average Bonchev–Trinajstić information content (AvgIpc) is 2.51. The maximum Gasteiger partial charge on any atom is 0.418 e. The predicted octanol–water partition coefficient (Wildman–Crippen LogP) is 3.23. The van der Waals surface area contributed by atoms with Crippen LogP contribution >= 0.6 is 0 Å². The fraction of sp³-hybridized carbons (Fsp3) is 0.786. The molecule has 0 aromatic carbocycles. The largest absolute Gasteiger partial charge is 0.450 e. The molecule has 2 aliphatic rings. The first kappa shape index (κ1) is 11.7. The molecule has 0 N–H and O–H groups in total. The lowest BCUT2D eigenvalue weighted by molar-refractivity contribution is -0.0761. The molecule has 2 bridgehead atoms. The van der Waals surface area contributed by atoms with Gasteiger partial charge in [0.05, 0.1) is 0 Å². The van der Waals surface area contributed by atoms with Gasteiger partial charge in [-0.25, -0.2) is 4.79 Å². The van der Waals surface area contributed by atoms with Gasteiger partial charge in [-0.1, -0.05) is 26.8 Å². The Morgan fingerprint density at radius 1 is 1.50 bits per heavy atom. The third kappa shape index (κ3) is 1.11. The molecule has 0 aromatic heterocycles. The highest BCUT2D eigenvalue weighted by molar-refractivity contribution is 5.41. The Morgan fingerprint density at radius 2 is 2.19 bits per heavy atom. The summed E-state index contributed by atoms with van der Waals surface area (Å²) in [7, 11) is 0. The fourth-order valence-electron chi connectivity index (χ4n) is 4.21. The van der Waals surface area contributed by atoms with E-state index in [1.54, 1.807) is 6.47 Å². The molecule has 16 heavy (non-hydrogen) atoms. The Morgan fingerprint density at radius 3 is 2.56 bits per heavy atom. The first-order valence-corrected chi connectivity index (χ1v) is 6.09. The maximum absolute atomic E-state index is 10.7. The summed E-state index contributed by atoms with van der Waals surface area (Å²) in [5, 5.41) is 0. The van der Waals surface area contributed by atoms with Crippen LogP contribution in [0.4, 0.5) is 0 Å². The summed E-state index contributed by atoms with van der Waals surface area (Å²) < 4.78 is 5.43. The topological polar surface area (TPSA) is 26.3 Å². The van der Waals surface area contributed by atoms with E-state index in [9.17, 15) is 4.79 Å². The molecule has 0 aliphatic heterocycles. The van der Waals surface area contributed by atoms with Crippen molar-refractivity contribution in [1.82, 2.24) is 0 Å². The van der Waals surface area contributed by atoms with Crippen LogP contribution in [0.5, 0.6) is 0 Å². The van der Waals surface area contributed by atoms with Gasteiger partial charge < -0.3 is 4.74 Å². The summed E-state index contributed by atoms with van der Waals surface area (Å²) in [6.45, 7) is 12.4. The van der Waals surface area contributed by atoms with Crippen LogP contribution in [0.15, 0.2) is 12.7 Å². The molecule has 0 aromatic rings. The quantitative estimate of drug-likeness (QED) is 0.681. The number of fused-ring (bicyclic) bond motifs is 2. The molecule has 3 unspecified atom stereocenters. The number of hydrogen-bond donors (Lipinski definition) is 0. The summed E-state index contributed by atoms with van der Waals surface area (Å²) in [5.74, 6) is 0.658. The number of hydrogen-bond acceptors (Lipinski definition) is 2. The van der Waals surface area contributed by atoms with Gasteiger partial charge in [-0.3, -0.25) is 0 Å². The zero-order valence-corrected chi connectivity index (χ0v) is 10.5. The van der Waals surface area contributed by atoms with Crippen LogP contribution < -0.4 is 0 Å². The highest BCUT2D eigenvalue weighted by atomic mass is 16.5. The zero-order chi connectivity index (χ0) is 12.0. The van der Waals surface area contributed by atoms with Gasteiger partial charge in [-0.05, 0) is 30.6 Å². The number of carbonyl (C=O) groups excluding carboxylic acids is 1. The van der Waals surface area contributed by atoms with E-state index in [0.717, 1.165) is 19.3 Å². The number of rotatable bonds is 4.